The van der Waals surface area contributed by atoms with Crippen molar-refractivity contribution >= 4 is 0 Å². The van der Waals surface area contributed by atoms with Crippen molar-refractivity contribution in [2.45, 2.75) is 18.8 Å². The van der Waals surface area contributed by atoms with E-state index in [4.69, 9.17) is 19.1 Å². The number of ether oxygens (including phenoxy) is 2. The van der Waals surface area contributed by atoms with Gasteiger partial charge >= 0.3 is 0 Å². The molecule has 172 valence electrons. The molecule has 6 heteroatoms. The van der Waals surface area contributed by atoms with E-state index < -0.39 is 0 Å². The summed E-state index contributed by atoms with van der Waals surface area (Å²) in [5, 5.41) is 0. The van der Waals surface area contributed by atoms with Gasteiger partial charge in [-0.1, -0.05) is 79.4 Å². The lowest BCUT2D eigenvalue weighted by Gasteiger charge is -2.11. The second-order valence-corrected chi connectivity index (χ2v) is 7.97. The first-order valence-corrected chi connectivity index (χ1v) is 11.2. The van der Waals surface area contributed by atoms with Gasteiger partial charge in [-0.05, 0) is 39.9 Å². The Morgan fingerprint density at radius 2 is 1.38 bits per heavy atom. The summed E-state index contributed by atoms with van der Waals surface area (Å²) < 4.78 is 11.5. The standard InChI is InChI=1S/C28H26N2O4/c1-2-14-31-27-18-26(34-29-27)24-13-7-12-23(16-24)22-11-6-8-20(15-22)19-32-28-17-25(33-30-28)21-9-4-3-5-10-21/h2-13,15-18,25-26,29-30H,1,14,19H2. The van der Waals surface area contributed by atoms with Crippen LogP contribution in [0.4, 0.5) is 0 Å². The second-order valence-electron chi connectivity index (χ2n) is 7.97. The summed E-state index contributed by atoms with van der Waals surface area (Å²) in [6.45, 7) is 4.52. The van der Waals surface area contributed by atoms with Crippen molar-refractivity contribution in [2.24, 2.45) is 0 Å². The van der Waals surface area contributed by atoms with Crippen molar-refractivity contribution in [2.75, 3.05) is 6.61 Å². The maximum atomic E-state index is 5.95. The highest BCUT2D eigenvalue weighted by Crippen LogP contribution is 2.29. The molecule has 2 aliphatic heterocycles. The quantitative estimate of drug-likeness (QED) is 0.410. The number of hydrogen-bond donors (Lipinski definition) is 2. The van der Waals surface area contributed by atoms with Gasteiger partial charge in [0.2, 0.25) is 11.8 Å². The van der Waals surface area contributed by atoms with Crippen molar-refractivity contribution in [3.05, 3.63) is 132 Å². The van der Waals surface area contributed by atoms with Crippen LogP contribution in [0.25, 0.3) is 11.1 Å². The van der Waals surface area contributed by atoms with Gasteiger partial charge in [0.25, 0.3) is 0 Å². The SMILES string of the molecule is C=CCOC1=CC(c2cccc(-c3cccc(COC4=CC(c5ccccc5)ON4)c3)c2)ON1. The van der Waals surface area contributed by atoms with E-state index in [9.17, 15) is 0 Å². The molecule has 3 aromatic carbocycles. The highest BCUT2D eigenvalue weighted by molar-refractivity contribution is 5.65. The van der Waals surface area contributed by atoms with Crippen molar-refractivity contribution in [3.8, 4) is 11.1 Å². The minimum atomic E-state index is -0.218. The minimum absolute atomic E-state index is 0.158. The summed E-state index contributed by atoms with van der Waals surface area (Å²) in [4.78, 5) is 11.3. The van der Waals surface area contributed by atoms with Crippen LogP contribution in [-0.4, -0.2) is 6.61 Å². The molecular weight excluding hydrogens is 428 g/mol. The number of benzene rings is 3. The van der Waals surface area contributed by atoms with Gasteiger partial charge in [0, 0.05) is 12.2 Å². The van der Waals surface area contributed by atoms with E-state index in [-0.39, 0.29) is 12.2 Å². The normalized spacial score (nSPS) is 18.9. The molecule has 2 atom stereocenters. The van der Waals surface area contributed by atoms with Gasteiger partial charge in [-0.3, -0.25) is 9.68 Å². The molecule has 3 aromatic rings. The number of hydroxylamine groups is 2. The maximum Gasteiger partial charge on any atom is 0.210 e. The van der Waals surface area contributed by atoms with Gasteiger partial charge in [0.15, 0.2) is 0 Å². The van der Waals surface area contributed by atoms with Crippen LogP contribution in [0.3, 0.4) is 0 Å². The smallest absolute Gasteiger partial charge is 0.210 e. The number of rotatable bonds is 9. The molecule has 6 nitrogen and oxygen atoms in total. The molecule has 2 aliphatic rings. The molecule has 0 fully saturated rings. The van der Waals surface area contributed by atoms with E-state index in [0.717, 1.165) is 27.8 Å². The number of nitrogens with one attached hydrogen (secondary N) is 2. The Hall–Kier alpha value is -4.00. The van der Waals surface area contributed by atoms with Crippen molar-refractivity contribution in [3.63, 3.8) is 0 Å². The summed E-state index contributed by atoms with van der Waals surface area (Å²) >= 11 is 0. The van der Waals surface area contributed by atoms with Gasteiger partial charge in [-0.25, -0.2) is 11.0 Å². The van der Waals surface area contributed by atoms with Crippen molar-refractivity contribution in [1.82, 2.24) is 11.0 Å². The Labute approximate surface area is 199 Å². The van der Waals surface area contributed by atoms with E-state index in [1.165, 1.54) is 0 Å². The fraction of sp³-hybridized carbons (Fsp3) is 0.143. The van der Waals surface area contributed by atoms with Crippen LogP contribution in [-0.2, 0) is 25.8 Å². The van der Waals surface area contributed by atoms with Crippen LogP contribution in [0.5, 0.6) is 0 Å². The van der Waals surface area contributed by atoms with E-state index in [1.807, 2.05) is 66.7 Å². The summed E-state index contributed by atoms with van der Waals surface area (Å²) in [6.07, 6.45) is 5.18. The molecule has 0 spiro atoms. The number of hydrogen-bond acceptors (Lipinski definition) is 6. The summed E-state index contributed by atoms with van der Waals surface area (Å²) in [6, 6.07) is 26.6. The van der Waals surface area contributed by atoms with Crippen molar-refractivity contribution in [1.29, 1.82) is 0 Å². The third kappa shape index (κ3) is 5.14. The van der Waals surface area contributed by atoms with Crippen LogP contribution >= 0.6 is 0 Å². The fourth-order valence-electron chi connectivity index (χ4n) is 3.83. The van der Waals surface area contributed by atoms with E-state index in [1.54, 1.807) is 6.08 Å². The highest BCUT2D eigenvalue weighted by Gasteiger charge is 2.20. The molecule has 0 aromatic heterocycles. The predicted molar refractivity (Wildman–Crippen MR) is 129 cm³/mol. The van der Waals surface area contributed by atoms with E-state index in [2.05, 4.69) is 41.8 Å². The zero-order valence-electron chi connectivity index (χ0n) is 18.6. The monoisotopic (exact) mass is 454 g/mol. The van der Waals surface area contributed by atoms with Crippen LogP contribution < -0.4 is 11.0 Å². The molecule has 0 amide bonds. The maximum absolute atomic E-state index is 5.95. The van der Waals surface area contributed by atoms with Crippen LogP contribution in [0.2, 0.25) is 0 Å². The molecule has 0 saturated carbocycles. The predicted octanol–water partition coefficient (Wildman–Crippen LogP) is 5.61. The summed E-state index contributed by atoms with van der Waals surface area (Å²) in [5.41, 5.74) is 11.1. The molecule has 2 unspecified atom stereocenters. The first-order chi connectivity index (χ1) is 16.8. The van der Waals surface area contributed by atoms with E-state index >= 15 is 0 Å². The van der Waals surface area contributed by atoms with Gasteiger partial charge in [-0.15, -0.1) is 0 Å². The third-order valence-electron chi connectivity index (χ3n) is 5.53. The minimum Gasteiger partial charge on any atom is -0.474 e. The first-order valence-electron chi connectivity index (χ1n) is 11.2. The van der Waals surface area contributed by atoms with Crippen LogP contribution in [0, 0.1) is 0 Å². The Kier molecular flexibility index (Phi) is 6.61. The first kappa shape index (κ1) is 21.8. The summed E-state index contributed by atoms with van der Waals surface area (Å²) in [5.74, 6) is 1.22. The lowest BCUT2D eigenvalue weighted by Crippen LogP contribution is -2.10. The molecule has 0 aliphatic carbocycles. The van der Waals surface area contributed by atoms with Crippen LogP contribution in [0.1, 0.15) is 28.9 Å². The second kappa shape index (κ2) is 10.3. The van der Waals surface area contributed by atoms with E-state index in [0.29, 0.717) is 25.0 Å². The average Bonchev–Trinajstić information content (AvgIpc) is 3.57. The topological polar surface area (TPSA) is 61.0 Å². The van der Waals surface area contributed by atoms with Gasteiger partial charge in [0.05, 0.1) is 0 Å². The summed E-state index contributed by atoms with van der Waals surface area (Å²) in [7, 11) is 0. The Bertz CT molecular complexity index is 1210. The Morgan fingerprint density at radius 3 is 2.15 bits per heavy atom. The molecule has 0 radical (unpaired) electrons. The van der Waals surface area contributed by atoms with Gasteiger partial charge in [-0.2, -0.15) is 0 Å². The lowest BCUT2D eigenvalue weighted by molar-refractivity contribution is 0.00985. The van der Waals surface area contributed by atoms with Crippen molar-refractivity contribution < 1.29 is 19.1 Å². The van der Waals surface area contributed by atoms with Gasteiger partial charge < -0.3 is 9.47 Å². The molecule has 2 N–H and O–H groups in total. The molecular formula is C28H26N2O4. The molecule has 2 heterocycles. The zero-order chi connectivity index (χ0) is 23.2. The molecule has 0 saturated heterocycles. The zero-order valence-corrected chi connectivity index (χ0v) is 18.6. The molecule has 5 rings (SSSR count). The third-order valence-corrected chi connectivity index (χ3v) is 5.53. The lowest BCUT2D eigenvalue weighted by atomic mass is 9.99. The highest BCUT2D eigenvalue weighted by atomic mass is 16.7. The van der Waals surface area contributed by atoms with Gasteiger partial charge in [0.1, 0.15) is 25.4 Å². The molecule has 0 bridgehead atoms. The Morgan fingerprint density at radius 1 is 0.735 bits per heavy atom. The largest absolute Gasteiger partial charge is 0.474 e. The average molecular weight is 455 g/mol. The fourth-order valence-corrected chi connectivity index (χ4v) is 3.83. The van der Waals surface area contributed by atoms with Crippen LogP contribution in [0.15, 0.2) is 115 Å². The Balaban J connectivity index is 1.25. The molecule has 34 heavy (non-hydrogen) atoms.